The molecule has 172 valence electrons. The van der Waals surface area contributed by atoms with Gasteiger partial charge in [-0.05, 0) is 48.4 Å². The molecule has 0 saturated carbocycles. The van der Waals surface area contributed by atoms with Crippen molar-refractivity contribution in [3.63, 3.8) is 0 Å². The fourth-order valence-corrected chi connectivity index (χ4v) is 5.86. The first-order valence-electron chi connectivity index (χ1n) is 10.7. The van der Waals surface area contributed by atoms with Gasteiger partial charge >= 0.3 is 4.87 Å². The van der Waals surface area contributed by atoms with Gasteiger partial charge in [-0.15, -0.1) is 0 Å². The zero-order valence-electron chi connectivity index (χ0n) is 18.4. The van der Waals surface area contributed by atoms with Crippen LogP contribution in [-0.4, -0.2) is 22.5 Å². The first-order chi connectivity index (χ1) is 16.4. The van der Waals surface area contributed by atoms with Crippen LogP contribution in [0.2, 0.25) is 0 Å². The van der Waals surface area contributed by atoms with Crippen molar-refractivity contribution < 1.29 is 8.42 Å². The highest BCUT2D eigenvalue weighted by atomic mass is 32.2. The van der Waals surface area contributed by atoms with Crippen molar-refractivity contribution in [1.29, 1.82) is 0 Å². The predicted octanol–water partition coefficient (Wildman–Crippen LogP) is 4.08. The van der Waals surface area contributed by atoms with Crippen LogP contribution in [0.1, 0.15) is 17.0 Å². The Bertz CT molecular complexity index is 1620. The number of hydrogen-bond donors (Lipinski definition) is 1. The number of hydrogen-bond acceptors (Lipinski definition) is 5. The molecular weight excluding hydrogens is 468 g/mol. The molecule has 2 heterocycles. The van der Waals surface area contributed by atoms with E-state index in [0.717, 1.165) is 39.5 Å². The first-order valence-corrected chi connectivity index (χ1v) is 13.0. The molecule has 0 spiro atoms. The summed E-state index contributed by atoms with van der Waals surface area (Å²) in [5.74, 6) is 0.878. The lowest BCUT2D eigenvalue weighted by Crippen LogP contribution is -2.23. The summed E-state index contributed by atoms with van der Waals surface area (Å²) in [5.41, 5.74) is 3.53. The van der Waals surface area contributed by atoms with Gasteiger partial charge in [0, 0.05) is 24.6 Å². The monoisotopic (exact) mass is 490 g/mol. The van der Waals surface area contributed by atoms with Crippen LogP contribution in [0.4, 0.5) is 0 Å². The molecule has 2 aromatic heterocycles. The SMILES string of the molecule is Cc1nccn1-c1ccc(CNS(=O)(=O)c2ccc3c(c2)sc(=O)n3Cc2ccccc2)cc1. The molecule has 0 aliphatic carbocycles. The van der Waals surface area contributed by atoms with Gasteiger partial charge in [-0.1, -0.05) is 53.8 Å². The molecule has 3 aromatic carbocycles. The lowest BCUT2D eigenvalue weighted by molar-refractivity contribution is 0.581. The predicted molar refractivity (Wildman–Crippen MR) is 134 cm³/mol. The summed E-state index contributed by atoms with van der Waals surface area (Å²) in [6.45, 7) is 2.53. The lowest BCUT2D eigenvalue weighted by atomic mass is 10.2. The highest BCUT2D eigenvalue weighted by molar-refractivity contribution is 7.89. The Morgan fingerprint density at radius 2 is 1.74 bits per heavy atom. The molecule has 0 saturated heterocycles. The van der Waals surface area contributed by atoms with Crippen molar-refractivity contribution in [2.75, 3.05) is 0 Å². The maximum Gasteiger partial charge on any atom is 0.308 e. The molecule has 5 rings (SSSR count). The number of nitrogens with one attached hydrogen (secondary N) is 1. The summed E-state index contributed by atoms with van der Waals surface area (Å²) in [6, 6.07) is 22.1. The van der Waals surface area contributed by atoms with Crippen molar-refractivity contribution >= 4 is 31.6 Å². The van der Waals surface area contributed by atoms with Gasteiger partial charge in [0.05, 0.1) is 21.7 Å². The van der Waals surface area contributed by atoms with Crippen molar-refractivity contribution in [1.82, 2.24) is 18.8 Å². The largest absolute Gasteiger partial charge is 0.308 e. The number of thiazole rings is 1. The summed E-state index contributed by atoms with van der Waals surface area (Å²) in [6.07, 6.45) is 3.62. The summed E-state index contributed by atoms with van der Waals surface area (Å²) < 4.78 is 32.8. The van der Waals surface area contributed by atoms with E-state index in [2.05, 4.69) is 9.71 Å². The molecule has 9 heteroatoms. The second-order valence-electron chi connectivity index (χ2n) is 7.90. The fraction of sp³-hybridized carbons (Fsp3) is 0.120. The normalized spacial score (nSPS) is 11.8. The zero-order valence-corrected chi connectivity index (χ0v) is 20.0. The third-order valence-corrected chi connectivity index (χ3v) is 7.98. The number of imidazole rings is 1. The molecule has 0 aliphatic heterocycles. The van der Waals surface area contributed by atoms with Gasteiger partial charge in [-0.25, -0.2) is 18.1 Å². The number of rotatable bonds is 7. The van der Waals surface area contributed by atoms with Gasteiger partial charge in [0.1, 0.15) is 5.82 Å². The molecule has 0 fully saturated rings. The van der Waals surface area contributed by atoms with Crippen LogP contribution in [0.3, 0.4) is 0 Å². The van der Waals surface area contributed by atoms with E-state index in [1.54, 1.807) is 29.0 Å². The second-order valence-corrected chi connectivity index (χ2v) is 10.7. The van der Waals surface area contributed by atoms with Crippen molar-refractivity contribution in [3.05, 3.63) is 112 Å². The smallest absolute Gasteiger partial charge is 0.304 e. The molecule has 0 aliphatic rings. The molecule has 0 amide bonds. The molecule has 34 heavy (non-hydrogen) atoms. The van der Waals surface area contributed by atoms with Gasteiger partial charge in [0.2, 0.25) is 10.0 Å². The number of nitrogens with zero attached hydrogens (tertiary/aromatic N) is 3. The average molecular weight is 491 g/mol. The van der Waals surface area contributed by atoms with Crippen LogP contribution >= 0.6 is 11.3 Å². The van der Waals surface area contributed by atoms with Gasteiger partial charge in [-0.3, -0.25) is 9.36 Å². The van der Waals surface area contributed by atoms with Crippen LogP contribution in [-0.2, 0) is 23.1 Å². The van der Waals surface area contributed by atoms with E-state index in [1.807, 2.05) is 72.3 Å². The van der Waals surface area contributed by atoms with Crippen LogP contribution in [0.25, 0.3) is 15.9 Å². The lowest BCUT2D eigenvalue weighted by Gasteiger charge is -2.09. The van der Waals surface area contributed by atoms with Crippen LogP contribution in [0, 0.1) is 6.92 Å². The van der Waals surface area contributed by atoms with E-state index in [-0.39, 0.29) is 16.3 Å². The van der Waals surface area contributed by atoms with Crippen molar-refractivity contribution in [2.45, 2.75) is 24.9 Å². The molecule has 5 aromatic rings. The highest BCUT2D eigenvalue weighted by Gasteiger charge is 2.17. The summed E-state index contributed by atoms with van der Waals surface area (Å²) in [5, 5.41) is 0. The Hall–Kier alpha value is -3.53. The maximum absolute atomic E-state index is 12.9. The van der Waals surface area contributed by atoms with Gasteiger partial charge in [0.25, 0.3) is 0 Å². The van der Waals surface area contributed by atoms with E-state index >= 15 is 0 Å². The standard InChI is InChI=1S/C25H22N4O3S2/c1-18-26-13-14-28(18)21-9-7-19(8-10-21)16-27-34(31,32)22-11-12-23-24(15-22)33-25(30)29(23)17-20-5-3-2-4-6-20/h2-15,27H,16-17H2,1H3. The van der Waals surface area contributed by atoms with Crippen LogP contribution in [0.5, 0.6) is 0 Å². The third-order valence-electron chi connectivity index (χ3n) is 5.64. The number of aromatic nitrogens is 3. The van der Waals surface area contributed by atoms with E-state index < -0.39 is 10.0 Å². The second kappa shape index (κ2) is 9.02. The van der Waals surface area contributed by atoms with E-state index in [1.165, 1.54) is 0 Å². The molecule has 0 atom stereocenters. The molecule has 0 radical (unpaired) electrons. The van der Waals surface area contributed by atoms with Crippen LogP contribution < -0.4 is 9.60 Å². The summed E-state index contributed by atoms with van der Waals surface area (Å²) in [4.78, 5) is 16.8. The fourth-order valence-electron chi connectivity index (χ4n) is 3.82. The van der Waals surface area contributed by atoms with Gasteiger partial charge < -0.3 is 4.57 Å². The highest BCUT2D eigenvalue weighted by Crippen LogP contribution is 2.23. The molecule has 7 nitrogen and oxygen atoms in total. The number of sulfonamides is 1. The minimum Gasteiger partial charge on any atom is -0.304 e. The Balaban J connectivity index is 1.33. The summed E-state index contributed by atoms with van der Waals surface area (Å²) in [7, 11) is -3.74. The summed E-state index contributed by atoms with van der Waals surface area (Å²) >= 11 is 1.05. The minimum absolute atomic E-state index is 0.116. The molecular formula is C25H22N4O3S2. The molecule has 1 N–H and O–H groups in total. The number of benzene rings is 3. The zero-order chi connectivity index (χ0) is 23.7. The first kappa shape index (κ1) is 22.3. The average Bonchev–Trinajstić information content (AvgIpc) is 3.41. The Morgan fingerprint density at radius 1 is 0.971 bits per heavy atom. The van der Waals surface area contributed by atoms with Gasteiger partial charge in [0.15, 0.2) is 0 Å². The van der Waals surface area contributed by atoms with Crippen molar-refractivity contribution in [2.24, 2.45) is 0 Å². The minimum atomic E-state index is -3.74. The number of fused-ring (bicyclic) bond motifs is 1. The Morgan fingerprint density at radius 3 is 2.44 bits per heavy atom. The maximum atomic E-state index is 12.9. The molecule has 0 unspecified atom stereocenters. The Kier molecular flexibility index (Phi) is 5.91. The van der Waals surface area contributed by atoms with E-state index in [0.29, 0.717) is 11.2 Å². The van der Waals surface area contributed by atoms with E-state index in [4.69, 9.17) is 0 Å². The van der Waals surface area contributed by atoms with Crippen molar-refractivity contribution in [3.8, 4) is 5.69 Å². The third kappa shape index (κ3) is 4.45. The van der Waals surface area contributed by atoms with Crippen LogP contribution in [0.15, 0.2) is 94.9 Å². The number of aryl methyl sites for hydroxylation is 1. The quantitative estimate of drug-likeness (QED) is 0.372. The molecule has 0 bridgehead atoms. The topological polar surface area (TPSA) is 86.0 Å². The van der Waals surface area contributed by atoms with Gasteiger partial charge in [-0.2, -0.15) is 0 Å². The Labute approximate surface area is 201 Å². The van der Waals surface area contributed by atoms with E-state index in [9.17, 15) is 13.2 Å².